The van der Waals surface area contributed by atoms with Gasteiger partial charge in [-0.15, -0.1) is 0 Å². The van der Waals surface area contributed by atoms with Crippen molar-refractivity contribution in [3.05, 3.63) is 0 Å². The molecule has 3 aliphatic rings. The highest BCUT2D eigenvalue weighted by atomic mass is 32.2. The number of esters is 3. The van der Waals surface area contributed by atoms with Gasteiger partial charge in [0, 0.05) is 0 Å². The summed E-state index contributed by atoms with van der Waals surface area (Å²) < 4.78 is 128. The lowest BCUT2D eigenvalue weighted by Gasteiger charge is -2.35. The summed E-state index contributed by atoms with van der Waals surface area (Å²) in [7, 11) is -5.92. The molecular weight excluding hydrogens is 486 g/mol. The molecule has 0 aromatic carbocycles. The van der Waals surface area contributed by atoms with Gasteiger partial charge < -0.3 is 18.9 Å². The number of hydrogen-bond acceptors (Lipinski definition) is 9. The summed E-state index contributed by atoms with van der Waals surface area (Å²) in [5.41, 5.74) is -5.56. The third-order valence-corrected chi connectivity index (χ3v) is 5.95. The molecule has 0 amide bonds. The van der Waals surface area contributed by atoms with E-state index in [1.165, 1.54) is 0 Å². The Labute approximate surface area is 174 Å². The highest BCUT2D eigenvalue weighted by Crippen LogP contribution is 2.48. The first-order valence-electron chi connectivity index (χ1n) is 8.81. The average Bonchev–Trinajstić information content (AvgIpc) is 3.21. The topological polar surface area (TPSA) is 142 Å². The van der Waals surface area contributed by atoms with Crippen LogP contribution in [-0.2, 0) is 43.4 Å². The van der Waals surface area contributed by atoms with Crippen molar-refractivity contribution in [2.24, 2.45) is 5.92 Å². The Kier molecular flexibility index (Phi) is 5.91. The van der Waals surface area contributed by atoms with E-state index in [1.807, 2.05) is 0 Å². The van der Waals surface area contributed by atoms with Gasteiger partial charge in [0.15, 0.2) is 12.2 Å². The minimum atomic E-state index is -6.47. The zero-order chi connectivity index (χ0) is 24.3. The van der Waals surface area contributed by atoms with E-state index in [0.29, 0.717) is 0 Å². The monoisotopic (exact) mass is 500 g/mol. The second-order valence-electron chi connectivity index (χ2n) is 7.36. The zero-order valence-electron chi connectivity index (χ0n) is 15.5. The largest absolute Gasteiger partial charge is 0.455 e. The first-order chi connectivity index (χ1) is 14.5. The molecule has 3 aliphatic heterocycles. The predicted molar refractivity (Wildman–Crippen MR) is 83.1 cm³/mol. The van der Waals surface area contributed by atoms with E-state index in [2.05, 4.69) is 4.74 Å². The number of carbonyl (C=O) groups excluding carboxylic acids is 3. The smallest absolute Gasteiger partial charge is 0.438 e. The molecule has 3 heterocycles. The number of hydrogen-bond donors (Lipinski definition) is 1. The fourth-order valence-corrected chi connectivity index (χ4v) is 4.67. The summed E-state index contributed by atoms with van der Waals surface area (Å²) >= 11 is 0. The van der Waals surface area contributed by atoms with Crippen LogP contribution in [-0.4, -0.2) is 79.0 Å². The molecule has 0 radical (unpaired) electrons. The minimum Gasteiger partial charge on any atom is -0.455 e. The molecule has 1 N–H and O–H groups in total. The van der Waals surface area contributed by atoms with Crippen LogP contribution in [0.15, 0.2) is 0 Å². The van der Waals surface area contributed by atoms with Gasteiger partial charge in [0.2, 0.25) is 0 Å². The first kappa shape index (κ1) is 24.5. The third-order valence-electron chi connectivity index (χ3n) is 5.17. The Morgan fingerprint density at radius 2 is 1.59 bits per heavy atom. The summed E-state index contributed by atoms with van der Waals surface area (Å²) in [5, 5.41) is 0. The quantitative estimate of drug-likeness (QED) is 0.230. The second-order valence-corrected chi connectivity index (χ2v) is 8.81. The van der Waals surface area contributed by atoms with E-state index >= 15 is 0 Å². The van der Waals surface area contributed by atoms with Gasteiger partial charge in [-0.2, -0.15) is 34.8 Å². The molecule has 5 unspecified atom stereocenters. The lowest BCUT2D eigenvalue weighted by atomic mass is 9.88. The summed E-state index contributed by atoms with van der Waals surface area (Å²) in [6, 6.07) is 0. The molecule has 3 rings (SSSR count). The SMILES string of the molecule is O=C(CCC(=O)OC(CS(=O)(=O)O)(C(F)(F)F)C(F)(F)F)OC1C2CC3C(=O)OC1C3O2. The Morgan fingerprint density at radius 3 is 2.12 bits per heavy atom. The lowest BCUT2D eigenvalue weighted by molar-refractivity contribution is -0.361. The molecule has 182 valence electrons. The Bertz CT molecular complexity index is 899. The standard InChI is InChI=1S/C15H14F6O10S/c16-14(17,18)13(15(19,20)21,4-32(25,26)27)31-8(23)2-1-7(22)29-10-6-3-5-9(28-6)11(10)30-12(5)24/h5-6,9-11H,1-4H2,(H,25,26,27). The fourth-order valence-electron chi connectivity index (χ4n) is 3.77. The fraction of sp³-hybridized carbons (Fsp3) is 0.800. The van der Waals surface area contributed by atoms with Crippen LogP contribution < -0.4 is 0 Å². The van der Waals surface area contributed by atoms with Gasteiger partial charge in [0.1, 0.15) is 11.9 Å². The normalized spacial score (nSPS) is 29.7. The van der Waals surface area contributed by atoms with Gasteiger partial charge in [0.25, 0.3) is 10.1 Å². The summed E-state index contributed by atoms with van der Waals surface area (Å²) in [4.78, 5) is 35.2. The van der Waals surface area contributed by atoms with Crippen LogP contribution in [0.4, 0.5) is 26.3 Å². The minimum absolute atomic E-state index is 0.190. The highest BCUT2D eigenvalue weighted by molar-refractivity contribution is 7.85. The van der Waals surface area contributed by atoms with Crippen molar-refractivity contribution in [1.29, 1.82) is 0 Å². The van der Waals surface area contributed by atoms with Crippen molar-refractivity contribution in [2.45, 2.75) is 61.6 Å². The molecule has 0 aromatic rings. The number of alkyl halides is 6. The molecule has 0 spiro atoms. The van der Waals surface area contributed by atoms with Crippen LogP contribution >= 0.6 is 0 Å². The van der Waals surface area contributed by atoms with Crippen molar-refractivity contribution >= 4 is 28.0 Å². The Balaban J connectivity index is 1.63. The maximum atomic E-state index is 13.1. The van der Waals surface area contributed by atoms with Gasteiger partial charge in [-0.3, -0.25) is 18.9 Å². The van der Waals surface area contributed by atoms with Crippen LogP contribution in [0.5, 0.6) is 0 Å². The van der Waals surface area contributed by atoms with Crippen molar-refractivity contribution in [3.63, 3.8) is 0 Å². The zero-order valence-corrected chi connectivity index (χ0v) is 16.3. The molecule has 0 saturated carbocycles. The van der Waals surface area contributed by atoms with E-state index in [9.17, 15) is 49.1 Å². The van der Waals surface area contributed by atoms with E-state index in [4.69, 9.17) is 18.8 Å². The molecular formula is C15H14F6O10S. The highest BCUT2D eigenvalue weighted by Gasteiger charge is 2.76. The van der Waals surface area contributed by atoms with E-state index in [1.54, 1.807) is 0 Å². The lowest BCUT2D eigenvalue weighted by Crippen LogP contribution is -2.63. The van der Waals surface area contributed by atoms with Crippen molar-refractivity contribution < 1.29 is 72.6 Å². The maximum absolute atomic E-state index is 13.1. The molecule has 17 heteroatoms. The van der Waals surface area contributed by atoms with Gasteiger partial charge in [-0.1, -0.05) is 0 Å². The molecule has 10 nitrogen and oxygen atoms in total. The van der Waals surface area contributed by atoms with Crippen molar-refractivity contribution in [2.75, 3.05) is 5.75 Å². The molecule has 3 saturated heterocycles. The van der Waals surface area contributed by atoms with Crippen molar-refractivity contribution in [1.82, 2.24) is 0 Å². The van der Waals surface area contributed by atoms with Gasteiger partial charge in [-0.25, -0.2) is 0 Å². The molecule has 3 fully saturated rings. The second kappa shape index (κ2) is 7.72. The van der Waals surface area contributed by atoms with E-state index in [-0.39, 0.29) is 6.42 Å². The molecule has 0 aliphatic carbocycles. The van der Waals surface area contributed by atoms with Crippen LogP contribution in [0.2, 0.25) is 0 Å². The Hall–Kier alpha value is -2.14. The number of carbonyl (C=O) groups is 3. The van der Waals surface area contributed by atoms with E-state index < -0.39 is 94.9 Å². The van der Waals surface area contributed by atoms with Gasteiger partial charge in [-0.05, 0) is 6.42 Å². The van der Waals surface area contributed by atoms with E-state index in [0.717, 1.165) is 0 Å². The van der Waals surface area contributed by atoms with Crippen LogP contribution in [0.3, 0.4) is 0 Å². The summed E-state index contributed by atoms with van der Waals surface area (Å²) in [6.45, 7) is 0. The number of fused-ring (bicyclic) bond motifs is 1. The number of ether oxygens (including phenoxy) is 4. The van der Waals surface area contributed by atoms with Gasteiger partial charge in [0.05, 0.1) is 24.9 Å². The average molecular weight is 500 g/mol. The van der Waals surface area contributed by atoms with Gasteiger partial charge >= 0.3 is 35.9 Å². The Morgan fingerprint density at radius 1 is 1.03 bits per heavy atom. The number of halogens is 6. The summed E-state index contributed by atoms with van der Waals surface area (Å²) in [6.07, 6.45) is -18.4. The molecule has 0 aromatic heterocycles. The molecule has 5 atom stereocenters. The molecule has 2 bridgehead atoms. The van der Waals surface area contributed by atoms with Crippen LogP contribution in [0, 0.1) is 5.92 Å². The first-order valence-corrected chi connectivity index (χ1v) is 10.4. The van der Waals surface area contributed by atoms with Crippen LogP contribution in [0.25, 0.3) is 0 Å². The number of rotatable bonds is 7. The van der Waals surface area contributed by atoms with Crippen molar-refractivity contribution in [3.8, 4) is 0 Å². The predicted octanol–water partition coefficient (Wildman–Crippen LogP) is 0.686. The van der Waals surface area contributed by atoms with Crippen LogP contribution in [0.1, 0.15) is 19.3 Å². The summed E-state index contributed by atoms with van der Waals surface area (Å²) in [5.74, 6) is -7.56. The third kappa shape index (κ3) is 4.36. The maximum Gasteiger partial charge on any atom is 0.438 e. The molecule has 32 heavy (non-hydrogen) atoms.